The third-order valence-corrected chi connectivity index (χ3v) is 2.46. The van der Waals surface area contributed by atoms with Gasteiger partial charge in [0.25, 0.3) is 5.91 Å². The highest BCUT2D eigenvalue weighted by Gasteiger charge is 2.21. The normalized spacial score (nSPS) is 12.1. The van der Waals surface area contributed by atoms with E-state index in [1.54, 1.807) is 6.92 Å². The summed E-state index contributed by atoms with van der Waals surface area (Å²) < 4.78 is 38.9. The molecular formula is C12H12F3NO2. The Bertz CT molecular complexity index is 488. The third kappa shape index (κ3) is 2.88. The maximum absolute atomic E-state index is 13.3. The lowest BCUT2D eigenvalue weighted by Gasteiger charge is -2.12. The molecule has 0 heterocycles. The zero-order valence-corrected chi connectivity index (χ0v) is 9.89. The summed E-state index contributed by atoms with van der Waals surface area (Å²) in [7, 11) is 0. The smallest absolute Gasteiger partial charge is 0.254 e. The minimum Gasteiger partial charge on any atom is -0.342 e. The van der Waals surface area contributed by atoms with Crippen LogP contribution in [0.2, 0.25) is 0 Å². The molecule has 1 amide bonds. The Morgan fingerprint density at radius 1 is 1.22 bits per heavy atom. The molecule has 0 aliphatic carbocycles. The number of benzene rings is 1. The first-order valence-corrected chi connectivity index (χ1v) is 5.35. The molecule has 6 heteroatoms. The predicted molar refractivity (Wildman–Crippen MR) is 58.5 cm³/mol. The van der Waals surface area contributed by atoms with Crippen LogP contribution in [0.25, 0.3) is 0 Å². The van der Waals surface area contributed by atoms with E-state index < -0.39 is 35.0 Å². The van der Waals surface area contributed by atoms with E-state index in [1.807, 2.05) is 0 Å². The maximum Gasteiger partial charge on any atom is 0.254 e. The zero-order chi connectivity index (χ0) is 13.9. The molecule has 0 radical (unpaired) electrons. The topological polar surface area (TPSA) is 46.2 Å². The van der Waals surface area contributed by atoms with E-state index in [1.165, 1.54) is 6.92 Å². The van der Waals surface area contributed by atoms with E-state index in [0.29, 0.717) is 6.07 Å². The van der Waals surface area contributed by atoms with Gasteiger partial charge in [0, 0.05) is 6.42 Å². The van der Waals surface area contributed by atoms with Crippen LogP contribution in [0.4, 0.5) is 13.2 Å². The molecule has 0 spiro atoms. The van der Waals surface area contributed by atoms with Crippen LogP contribution >= 0.6 is 0 Å². The highest BCUT2D eigenvalue weighted by Crippen LogP contribution is 2.15. The van der Waals surface area contributed by atoms with Gasteiger partial charge >= 0.3 is 0 Å². The van der Waals surface area contributed by atoms with Crippen LogP contribution in [0.3, 0.4) is 0 Å². The molecular weight excluding hydrogens is 247 g/mol. The molecule has 1 atom stereocenters. The molecule has 1 unspecified atom stereocenters. The molecule has 1 aromatic rings. The summed E-state index contributed by atoms with van der Waals surface area (Å²) in [6.07, 6.45) is 0.210. The predicted octanol–water partition coefficient (Wildman–Crippen LogP) is 2.20. The van der Waals surface area contributed by atoms with Gasteiger partial charge < -0.3 is 5.32 Å². The lowest BCUT2D eigenvalue weighted by atomic mass is 10.1. The first kappa shape index (κ1) is 14.2. The third-order valence-electron chi connectivity index (χ3n) is 2.46. The lowest BCUT2D eigenvalue weighted by Crippen LogP contribution is -2.38. The Morgan fingerprint density at radius 2 is 1.83 bits per heavy atom. The molecule has 0 saturated carbocycles. The van der Waals surface area contributed by atoms with Gasteiger partial charge in [0.15, 0.2) is 23.2 Å². The second-order valence-corrected chi connectivity index (χ2v) is 3.74. The van der Waals surface area contributed by atoms with E-state index in [-0.39, 0.29) is 12.2 Å². The summed E-state index contributed by atoms with van der Waals surface area (Å²) in [5.41, 5.74) is -0.635. The molecule has 98 valence electrons. The number of nitrogens with one attached hydrogen (secondary N) is 1. The Balaban J connectivity index is 2.92. The fourth-order valence-corrected chi connectivity index (χ4v) is 1.36. The van der Waals surface area contributed by atoms with Crippen molar-refractivity contribution in [1.29, 1.82) is 0 Å². The molecule has 18 heavy (non-hydrogen) atoms. The van der Waals surface area contributed by atoms with Crippen molar-refractivity contribution in [3.63, 3.8) is 0 Å². The molecule has 1 aromatic carbocycles. The molecule has 0 aliphatic rings. The number of carbonyl (C=O) groups is 2. The van der Waals surface area contributed by atoms with Crippen molar-refractivity contribution in [3.8, 4) is 0 Å². The molecule has 1 N–H and O–H groups in total. The summed E-state index contributed by atoms with van der Waals surface area (Å²) in [5.74, 6) is -5.85. The van der Waals surface area contributed by atoms with Gasteiger partial charge in [-0.05, 0) is 19.1 Å². The van der Waals surface area contributed by atoms with Crippen LogP contribution in [0.5, 0.6) is 0 Å². The van der Waals surface area contributed by atoms with Crippen molar-refractivity contribution in [2.45, 2.75) is 26.3 Å². The number of halogens is 3. The van der Waals surface area contributed by atoms with Crippen LogP contribution < -0.4 is 5.32 Å². The first-order valence-electron chi connectivity index (χ1n) is 5.35. The standard InChI is InChI=1S/C12H12F3NO2/c1-3-9(17)6(2)16-12(18)7-4-5-8(13)11(15)10(7)14/h4-6H,3H2,1-2H3,(H,16,18). The fourth-order valence-electron chi connectivity index (χ4n) is 1.36. The summed E-state index contributed by atoms with van der Waals surface area (Å²) in [5, 5.41) is 2.22. The van der Waals surface area contributed by atoms with Crippen LogP contribution in [0.1, 0.15) is 30.6 Å². The number of rotatable bonds is 4. The average molecular weight is 259 g/mol. The van der Waals surface area contributed by atoms with Gasteiger partial charge in [-0.15, -0.1) is 0 Å². The summed E-state index contributed by atoms with van der Waals surface area (Å²) in [4.78, 5) is 22.8. The van der Waals surface area contributed by atoms with Crippen LogP contribution in [-0.4, -0.2) is 17.7 Å². The molecule has 1 rings (SSSR count). The summed E-state index contributed by atoms with van der Waals surface area (Å²) >= 11 is 0. The van der Waals surface area contributed by atoms with Crippen molar-refractivity contribution in [2.24, 2.45) is 0 Å². The van der Waals surface area contributed by atoms with E-state index >= 15 is 0 Å². The van der Waals surface area contributed by atoms with Crippen LogP contribution in [0, 0.1) is 17.5 Å². The SMILES string of the molecule is CCC(=O)C(C)NC(=O)c1ccc(F)c(F)c1F. The Labute approximate surface area is 102 Å². The minimum absolute atomic E-state index is 0.210. The van der Waals surface area contributed by atoms with Gasteiger partial charge in [-0.25, -0.2) is 13.2 Å². The first-order chi connectivity index (χ1) is 8.38. The number of amides is 1. The molecule has 0 aromatic heterocycles. The quantitative estimate of drug-likeness (QED) is 0.842. The molecule has 0 saturated heterocycles. The minimum atomic E-state index is -1.71. The number of Topliss-reactive ketones (excluding diaryl/α,β-unsaturated/α-hetero) is 1. The number of carbonyl (C=O) groups excluding carboxylic acids is 2. The van der Waals surface area contributed by atoms with E-state index in [9.17, 15) is 22.8 Å². The number of ketones is 1. The second-order valence-electron chi connectivity index (χ2n) is 3.74. The van der Waals surface area contributed by atoms with Crippen molar-refractivity contribution >= 4 is 11.7 Å². The molecule has 0 bridgehead atoms. The van der Waals surface area contributed by atoms with Crippen molar-refractivity contribution in [2.75, 3.05) is 0 Å². The van der Waals surface area contributed by atoms with Gasteiger partial charge in [-0.1, -0.05) is 6.92 Å². The van der Waals surface area contributed by atoms with E-state index in [4.69, 9.17) is 0 Å². The Morgan fingerprint density at radius 3 is 2.39 bits per heavy atom. The highest BCUT2D eigenvalue weighted by atomic mass is 19.2. The van der Waals surface area contributed by atoms with E-state index in [2.05, 4.69) is 5.32 Å². The average Bonchev–Trinajstić information content (AvgIpc) is 2.34. The molecule has 0 fully saturated rings. The van der Waals surface area contributed by atoms with E-state index in [0.717, 1.165) is 6.07 Å². The number of hydrogen-bond acceptors (Lipinski definition) is 2. The molecule has 3 nitrogen and oxygen atoms in total. The summed E-state index contributed by atoms with van der Waals surface area (Å²) in [6, 6.07) is 0.668. The van der Waals surface area contributed by atoms with Crippen molar-refractivity contribution in [1.82, 2.24) is 5.32 Å². The second kappa shape index (κ2) is 5.66. The van der Waals surface area contributed by atoms with Gasteiger partial charge in [0.05, 0.1) is 11.6 Å². The van der Waals surface area contributed by atoms with Crippen LogP contribution in [0.15, 0.2) is 12.1 Å². The van der Waals surface area contributed by atoms with Gasteiger partial charge in [-0.2, -0.15) is 0 Å². The largest absolute Gasteiger partial charge is 0.342 e. The summed E-state index contributed by atoms with van der Waals surface area (Å²) in [6.45, 7) is 3.05. The van der Waals surface area contributed by atoms with Crippen LogP contribution in [-0.2, 0) is 4.79 Å². The Hall–Kier alpha value is -1.85. The zero-order valence-electron chi connectivity index (χ0n) is 9.89. The number of hydrogen-bond donors (Lipinski definition) is 1. The molecule has 0 aliphatic heterocycles. The highest BCUT2D eigenvalue weighted by molar-refractivity contribution is 5.97. The van der Waals surface area contributed by atoms with Gasteiger partial charge in [0.2, 0.25) is 0 Å². The Kier molecular flexibility index (Phi) is 4.47. The monoisotopic (exact) mass is 259 g/mol. The van der Waals surface area contributed by atoms with Gasteiger partial charge in [0.1, 0.15) is 0 Å². The lowest BCUT2D eigenvalue weighted by molar-refractivity contribution is -0.120. The van der Waals surface area contributed by atoms with Crippen molar-refractivity contribution in [3.05, 3.63) is 35.1 Å². The maximum atomic E-state index is 13.3. The fraction of sp³-hybridized carbons (Fsp3) is 0.333. The van der Waals surface area contributed by atoms with Gasteiger partial charge in [-0.3, -0.25) is 9.59 Å². The van der Waals surface area contributed by atoms with Crippen molar-refractivity contribution < 1.29 is 22.8 Å².